The van der Waals surface area contributed by atoms with Crippen molar-refractivity contribution in [1.29, 1.82) is 0 Å². The van der Waals surface area contributed by atoms with Crippen molar-refractivity contribution in [1.82, 2.24) is 9.97 Å². The molecule has 0 radical (unpaired) electrons. The van der Waals surface area contributed by atoms with E-state index in [0.29, 0.717) is 17.5 Å². The SMILES string of the molecule is Nc1nc(Cl)c(C=Cc2cccc(F)c2)c(NC2CC3C(O)C3(O)C2O)n1. The number of aromatic nitrogens is 2. The number of halogens is 2. The van der Waals surface area contributed by atoms with Gasteiger partial charge in [0.1, 0.15) is 28.5 Å². The number of nitrogen functional groups attached to an aromatic ring is 1. The van der Waals surface area contributed by atoms with E-state index in [2.05, 4.69) is 15.3 Å². The first-order valence-corrected chi connectivity index (χ1v) is 8.80. The maximum Gasteiger partial charge on any atom is 0.223 e. The molecule has 4 rings (SSSR count). The van der Waals surface area contributed by atoms with Gasteiger partial charge in [-0.05, 0) is 30.2 Å². The summed E-state index contributed by atoms with van der Waals surface area (Å²) in [6, 6.07) is 5.48. The quantitative estimate of drug-likeness (QED) is 0.496. The Labute approximate surface area is 159 Å². The van der Waals surface area contributed by atoms with Gasteiger partial charge in [-0.25, -0.2) is 9.37 Å². The topological polar surface area (TPSA) is 125 Å². The molecule has 0 spiro atoms. The van der Waals surface area contributed by atoms with Crippen LogP contribution in [-0.2, 0) is 0 Å². The number of benzene rings is 1. The first-order valence-electron chi connectivity index (χ1n) is 8.42. The molecule has 2 aromatic rings. The number of aliphatic hydroxyl groups is 3. The lowest BCUT2D eigenvalue weighted by Gasteiger charge is -2.24. The van der Waals surface area contributed by atoms with Crippen LogP contribution in [-0.4, -0.2) is 49.1 Å². The van der Waals surface area contributed by atoms with Crippen LogP contribution in [0.1, 0.15) is 17.5 Å². The van der Waals surface area contributed by atoms with Crippen LogP contribution in [0, 0.1) is 11.7 Å². The van der Waals surface area contributed by atoms with Gasteiger partial charge in [-0.15, -0.1) is 0 Å². The zero-order valence-electron chi connectivity index (χ0n) is 14.0. The largest absolute Gasteiger partial charge is 0.390 e. The average Bonchev–Trinajstić information content (AvgIpc) is 3.01. The molecule has 142 valence electrons. The Hall–Kier alpha value is -2.26. The van der Waals surface area contributed by atoms with Gasteiger partial charge >= 0.3 is 0 Å². The number of hydrogen-bond donors (Lipinski definition) is 5. The third-order valence-electron chi connectivity index (χ3n) is 5.23. The number of rotatable bonds is 4. The molecule has 7 nitrogen and oxygen atoms in total. The van der Waals surface area contributed by atoms with Crippen molar-refractivity contribution in [3.63, 3.8) is 0 Å². The van der Waals surface area contributed by atoms with E-state index in [1.807, 2.05) is 0 Å². The number of hydrogen-bond acceptors (Lipinski definition) is 7. The summed E-state index contributed by atoms with van der Waals surface area (Å²) in [5.74, 6) is -0.522. The average molecular weight is 393 g/mol. The highest BCUT2D eigenvalue weighted by Gasteiger charge is 2.74. The van der Waals surface area contributed by atoms with Gasteiger partial charge in [0.25, 0.3) is 0 Å². The van der Waals surface area contributed by atoms with E-state index in [9.17, 15) is 19.7 Å². The summed E-state index contributed by atoms with van der Waals surface area (Å²) in [4.78, 5) is 8.06. The standard InChI is InChI=1S/C18H18ClFN4O3/c19-15-10(5-4-8-2-1-3-9(20)6-8)16(24-17(21)23-15)22-12-7-11-13(25)18(11,27)14(12)26/h1-6,11-14,25-27H,7H2,(H3,21,22,23,24). The molecule has 9 heteroatoms. The Morgan fingerprint density at radius 1 is 1.26 bits per heavy atom. The predicted molar refractivity (Wildman–Crippen MR) is 99.3 cm³/mol. The second kappa shape index (κ2) is 6.42. The Morgan fingerprint density at radius 2 is 2.04 bits per heavy atom. The number of nitrogens with two attached hydrogens (primary N) is 1. The van der Waals surface area contributed by atoms with Crippen LogP contribution < -0.4 is 11.1 Å². The molecule has 2 aliphatic carbocycles. The van der Waals surface area contributed by atoms with Gasteiger partial charge in [0, 0.05) is 5.92 Å². The summed E-state index contributed by atoms with van der Waals surface area (Å²) in [7, 11) is 0. The van der Waals surface area contributed by atoms with Gasteiger partial charge in [0.15, 0.2) is 0 Å². The highest BCUT2D eigenvalue weighted by molar-refractivity contribution is 6.31. The maximum atomic E-state index is 13.3. The fourth-order valence-corrected chi connectivity index (χ4v) is 3.94. The van der Waals surface area contributed by atoms with Crippen molar-refractivity contribution >= 4 is 35.5 Å². The van der Waals surface area contributed by atoms with Crippen LogP contribution in [0.4, 0.5) is 16.2 Å². The van der Waals surface area contributed by atoms with Gasteiger partial charge in [0.05, 0.1) is 17.7 Å². The van der Waals surface area contributed by atoms with Crippen molar-refractivity contribution in [2.24, 2.45) is 5.92 Å². The molecule has 6 N–H and O–H groups in total. The van der Waals surface area contributed by atoms with E-state index in [1.54, 1.807) is 24.3 Å². The highest BCUT2D eigenvalue weighted by atomic mass is 35.5. The highest BCUT2D eigenvalue weighted by Crippen LogP contribution is 2.56. The zero-order valence-corrected chi connectivity index (χ0v) is 14.8. The molecule has 0 bridgehead atoms. The lowest BCUT2D eigenvalue weighted by molar-refractivity contribution is -0.0262. The molecule has 0 aliphatic heterocycles. The molecule has 2 saturated carbocycles. The van der Waals surface area contributed by atoms with Crippen molar-refractivity contribution in [3.8, 4) is 0 Å². The number of fused-ring (bicyclic) bond motifs is 1. The van der Waals surface area contributed by atoms with E-state index < -0.39 is 23.9 Å². The fraction of sp³-hybridized carbons (Fsp3) is 0.333. The van der Waals surface area contributed by atoms with Crippen LogP contribution in [0.5, 0.6) is 0 Å². The minimum Gasteiger partial charge on any atom is -0.390 e. The monoisotopic (exact) mass is 392 g/mol. The molecular weight excluding hydrogens is 375 g/mol. The van der Waals surface area contributed by atoms with Gasteiger partial charge in [-0.2, -0.15) is 4.98 Å². The molecule has 1 heterocycles. The van der Waals surface area contributed by atoms with Crippen LogP contribution in [0.25, 0.3) is 12.2 Å². The van der Waals surface area contributed by atoms with Crippen molar-refractivity contribution in [3.05, 3.63) is 46.4 Å². The van der Waals surface area contributed by atoms with Crippen molar-refractivity contribution in [2.75, 3.05) is 11.1 Å². The Balaban J connectivity index is 1.61. The Bertz CT molecular complexity index is 927. The van der Waals surface area contributed by atoms with E-state index in [0.717, 1.165) is 0 Å². The Morgan fingerprint density at radius 3 is 2.70 bits per heavy atom. The first kappa shape index (κ1) is 18.1. The lowest BCUT2D eigenvalue weighted by Crippen LogP contribution is -2.42. The van der Waals surface area contributed by atoms with Gasteiger partial charge in [-0.1, -0.05) is 29.8 Å². The minimum atomic E-state index is -1.49. The third kappa shape index (κ3) is 3.04. The molecule has 2 aliphatic rings. The van der Waals surface area contributed by atoms with Gasteiger partial charge in [-0.3, -0.25) is 0 Å². The van der Waals surface area contributed by atoms with Crippen LogP contribution in [0.15, 0.2) is 24.3 Å². The van der Waals surface area contributed by atoms with Gasteiger partial charge < -0.3 is 26.4 Å². The van der Waals surface area contributed by atoms with E-state index >= 15 is 0 Å². The summed E-state index contributed by atoms with van der Waals surface area (Å²) >= 11 is 6.19. The second-order valence-corrected chi connectivity index (χ2v) is 7.25. The number of nitrogens with zero attached hydrogens (tertiary/aromatic N) is 2. The maximum absolute atomic E-state index is 13.3. The second-order valence-electron chi connectivity index (χ2n) is 6.89. The molecule has 1 aromatic carbocycles. The summed E-state index contributed by atoms with van der Waals surface area (Å²) in [6.07, 6.45) is 1.55. The van der Waals surface area contributed by atoms with Crippen LogP contribution in [0.3, 0.4) is 0 Å². The number of anilines is 2. The molecule has 1 aromatic heterocycles. The normalized spacial score (nSPS) is 31.9. The molecule has 27 heavy (non-hydrogen) atoms. The zero-order chi connectivity index (χ0) is 19.3. The molecule has 5 unspecified atom stereocenters. The smallest absolute Gasteiger partial charge is 0.223 e. The van der Waals surface area contributed by atoms with Crippen LogP contribution in [0.2, 0.25) is 5.15 Å². The third-order valence-corrected chi connectivity index (χ3v) is 5.52. The first-order chi connectivity index (χ1) is 12.8. The lowest BCUT2D eigenvalue weighted by atomic mass is 10.1. The number of aliphatic hydroxyl groups excluding tert-OH is 2. The Kier molecular flexibility index (Phi) is 4.31. The fourth-order valence-electron chi connectivity index (χ4n) is 3.70. The van der Waals surface area contributed by atoms with E-state index in [-0.39, 0.29) is 28.7 Å². The molecule has 0 saturated heterocycles. The molecule has 5 atom stereocenters. The van der Waals surface area contributed by atoms with E-state index in [1.165, 1.54) is 12.1 Å². The van der Waals surface area contributed by atoms with Gasteiger partial charge in [0.2, 0.25) is 5.95 Å². The van der Waals surface area contributed by atoms with Crippen molar-refractivity contribution in [2.45, 2.75) is 30.3 Å². The number of nitrogens with one attached hydrogen (secondary N) is 1. The summed E-state index contributed by atoms with van der Waals surface area (Å²) in [5, 5.41) is 33.4. The molecule has 2 fully saturated rings. The van der Waals surface area contributed by atoms with Crippen molar-refractivity contribution < 1.29 is 19.7 Å². The molecular formula is C18H18ClFN4O3. The minimum absolute atomic E-state index is 0.0539. The summed E-state index contributed by atoms with van der Waals surface area (Å²) < 4.78 is 13.3. The summed E-state index contributed by atoms with van der Waals surface area (Å²) in [5.41, 5.74) is 5.22. The molecule has 0 amide bonds. The van der Waals surface area contributed by atoms with E-state index in [4.69, 9.17) is 17.3 Å². The summed E-state index contributed by atoms with van der Waals surface area (Å²) in [6.45, 7) is 0. The van der Waals surface area contributed by atoms with Crippen LogP contribution >= 0.6 is 11.6 Å². The predicted octanol–water partition coefficient (Wildman–Crippen LogP) is 1.29.